The van der Waals surface area contributed by atoms with Crippen molar-refractivity contribution in [2.75, 3.05) is 0 Å². The van der Waals surface area contributed by atoms with Crippen LogP contribution in [0.4, 0.5) is 0 Å². The molecule has 7 heteroatoms. The molecule has 1 aromatic carbocycles. The van der Waals surface area contributed by atoms with Crippen LogP contribution in [-0.4, -0.2) is 36.2 Å². The van der Waals surface area contributed by atoms with Gasteiger partial charge >= 0.3 is 5.97 Å². The minimum absolute atomic E-state index is 0.151. The van der Waals surface area contributed by atoms with Gasteiger partial charge in [0, 0.05) is 5.56 Å². The number of rotatable bonds is 5. The SMILES string of the molecule is CC1CCC(NC(=O)c2ccc(S(=O)(=O)C(C)C)cc2)(C(=O)O)CC1. The number of carboxylic acid groups (broad SMARTS) is 1. The third kappa shape index (κ3) is 4.03. The van der Waals surface area contributed by atoms with Crippen LogP contribution in [0.15, 0.2) is 29.2 Å². The molecule has 1 amide bonds. The standard InChI is InChI=1S/C18H25NO5S/c1-12(2)25(23,24)15-6-4-14(5-7-15)16(20)19-18(17(21)22)10-8-13(3)9-11-18/h4-7,12-13H,8-11H2,1-3H3,(H,19,20)(H,21,22). The van der Waals surface area contributed by atoms with Crippen LogP contribution in [0.2, 0.25) is 0 Å². The van der Waals surface area contributed by atoms with Gasteiger partial charge < -0.3 is 10.4 Å². The van der Waals surface area contributed by atoms with Crippen molar-refractivity contribution in [2.45, 2.75) is 62.1 Å². The first kappa shape index (κ1) is 19.4. The Morgan fingerprint density at radius 2 is 1.68 bits per heavy atom. The summed E-state index contributed by atoms with van der Waals surface area (Å²) in [5, 5.41) is 11.7. The van der Waals surface area contributed by atoms with Crippen LogP contribution >= 0.6 is 0 Å². The summed E-state index contributed by atoms with van der Waals surface area (Å²) < 4.78 is 24.2. The first-order chi connectivity index (χ1) is 11.6. The van der Waals surface area contributed by atoms with Crippen LogP contribution in [0.3, 0.4) is 0 Å². The van der Waals surface area contributed by atoms with E-state index in [9.17, 15) is 23.1 Å². The van der Waals surface area contributed by atoms with Crippen LogP contribution in [0, 0.1) is 5.92 Å². The van der Waals surface area contributed by atoms with Crippen molar-refractivity contribution in [2.24, 2.45) is 5.92 Å². The lowest BCUT2D eigenvalue weighted by Gasteiger charge is -2.36. The number of carboxylic acids is 1. The highest BCUT2D eigenvalue weighted by Crippen LogP contribution is 2.32. The molecule has 6 nitrogen and oxygen atoms in total. The summed E-state index contributed by atoms with van der Waals surface area (Å²) in [7, 11) is -3.40. The van der Waals surface area contributed by atoms with Crippen molar-refractivity contribution in [3.05, 3.63) is 29.8 Å². The first-order valence-electron chi connectivity index (χ1n) is 8.48. The molecular formula is C18H25NO5S. The predicted molar refractivity (Wildman–Crippen MR) is 94.2 cm³/mol. The quantitative estimate of drug-likeness (QED) is 0.833. The highest BCUT2D eigenvalue weighted by atomic mass is 32.2. The van der Waals surface area contributed by atoms with Gasteiger partial charge in [-0.25, -0.2) is 13.2 Å². The van der Waals surface area contributed by atoms with Gasteiger partial charge in [-0.3, -0.25) is 4.79 Å². The van der Waals surface area contributed by atoms with E-state index in [-0.39, 0.29) is 10.5 Å². The molecule has 0 radical (unpaired) electrons. The van der Waals surface area contributed by atoms with Crippen molar-refractivity contribution in [3.63, 3.8) is 0 Å². The molecule has 1 saturated carbocycles. The molecule has 0 atom stereocenters. The van der Waals surface area contributed by atoms with Crippen LogP contribution in [0.1, 0.15) is 56.8 Å². The Balaban J connectivity index is 2.19. The Morgan fingerprint density at radius 3 is 2.12 bits per heavy atom. The lowest BCUT2D eigenvalue weighted by molar-refractivity contribution is -0.146. The average molecular weight is 367 g/mol. The lowest BCUT2D eigenvalue weighted by atomic mass is 9.77. The maximum Gasteiger partial charge on any atom is 0.329 e. The number of aliphatic carboxylic acids is 1. The Bertz CT molecular complexity index is 744. The summed E-state index contributed by atoms with van der Waals surface area (Å²) in [6.07, 6.45) is 2.29. The monoisotopic (exact) mass is 367 g/mol. The highest BCUT2D eigenvalue weighted by Gasteiger charge is 2.42. The van der Waals surface area contributed by atoms with Gasteiger partial charge in [0.25, 0.3) is 5.91 Å². The molecule has 138 valence electrons. The lowest BCUT2D eigenvalue weighted by Crippen LogP contribution is -2.56. The van der Waals surface area contributed by atoms with Gasteiger partial charge in [0.2, 0.25) is 0 Å². The van der Waals surface area contributed by atoms with E-state index in [2.05, 4.69) is 12.2 Å². The number of sulfone groups is 1. The second-order valence-corrected chi connectivity index (χ2v) is 9.65. The Hall–Kier alpha value is -1.89. The van der Waals surface area contributed by atoms with Crippen LogP contribution in [0.25, 0.3) is 0 Å². The summed E-state index contributed by atoms with van der Waals surface area (Å²) in [5.41, 5.74) is -0.992. The molecule has 0 aromatic heterocycles. The molecule has 1 aliphatic rings. The maximum absolute atomic E-state index is 12.5. The largest absolute Gasteiger partial charge is 0.480 e. The molecule has 1 aliphatic carbocycles. The second-order valence-electron chi connectivity index (χ2n) is 7.14. The van der Waals surface area contributed by atoms with Gasteiger partial charge in [-0.2, -0.15) is 0 Å². The number of hydrogen-bond donors (Lipinski definition) is 2. The van der Waals surface area contributed by atoms with Crippen LogP contribution < -0.4 is 5.32 Å². The van der Waals surface area contributed by atoms with Gasteiger partial charge in [-0.05, 0) is 69.7 Å². The minimum Gasteiger partial charge on any atom is -0.480 e. The fourth-order valence-corrected chi connectivity index (χ4v) is 4.06. The zero-order valence-corrected chi connectivity index (χ0v) is 15.6. The molecule has 2 rings (SSSR count). The Labute approximate surface area is 148 Å². The summed E-state index contributed by atoms with van der Waals surface area (Å²) in [4.78, 5) is 24.3. The van der Waals surface area contributed by atoms with E-state index in [4.69, 9.17) is 0 Å². The van der Waals surface area contributed by atoms with E-state index in [1.165, 1.54) is 24.3 Å². The molecule has 0 bridgehead atoms. The predicted octanol–water partition coefficient (Wildman–Crippen LogP) is 2.63. The maximum atomic E-state index is 12.5. The van der Waals surface area contributed by atoms with Crippen molar-refractivity contribution in [1.82, 2.24) is 5.32 Å². The fourth-order valence-electron chi connectivity index (χ4n) is 3.00. The second kappa shape index (κ2) is 7.15. The highest BCUT2D eigenvalue weighted by molar-refractivity contribution is 7.92. The van der Waals surface area contributed by atoms with Crippen molar-refractivity contribution in [3.8, 4) is 0 Å². The topological polar surface area (TPSA) is 101 Å². The Morgan fingerprint density at radius 1 is 1.16 bits per heavy atom. The van der Waals surface area contributed by atoms with Crippen LogP contribution in [0.5, 0.6) is 0 Å². The molecule has 0 heterocycles. The van der Waals surface area contributed by atoms with Crippen molar-refractivity contribution in [1.29, 1.82) is 0 Å². The first-order valence-corrected chi connectivity index (χ1v) is 10.0. The average Bonchev–Trinajstić information content (AvgIpc) is 2.56. The summed E-state index contributed by atoms with van der Waals surface area (Å²) >= 11 is 0. The number of benzene rings is 1. The summed E-state index contributed by atoms with van der Waals surface area (Å²) in [6, 6.07) is 5.62. The molecule has 0 aliphatic heterocycles. The van der Waals surface area contributed by atoms with Gasteiger partial charge in [0.15, 0.2) is 9.84 Å². The number of nitrogens with one attached hydrogen (secondary N) is 1. The Kier molecular flexibility index (Phi) is 5.56. The fraction of sp³-hybridized carbons (Fsp3) is 0.556. The summed E-state index contributed by atoms with van der Waals surface area (Å²) in [6.45, 7) is 5.26. The third-order valence-corrected chi connectivity index (χ3v) is 7.13. The van der Waals surface area contributed by atoms with E-state index in [0.717, 1.165) is 12.8 Å². The van der Waals surface area contributed by atoms with Gasteiger partial charge in [0.05, 0.1) is 10.1 Å². The third-order valence-electron chi connectivity index (χ3n) is 4.96. The smallest absolute Gasteiger partial charge is 0.329 e. The van der Waals surface area contributed by atoms with Gasteiger partial charge in [0.1, 0.15) is 5.54 Å². The molecule has 2 N–H and O–H groups in total. The zero-order chi connectivity index (χ0) is 18.8. The van der Waals surface area contributed by atoms with E-state index in [1.54, 1.807) is 13.8 Å². The van der Waals surface area contributed by atoms with Gasteiger partial charge in [-0.15, -0.1) is 0 Å². The molecular weight excluding hydrogens is 342 g/mol. The normalized spacial score (nSPS) is 24.1. The van der Waals surface area contributed by atoms with E-state index in [0.29, 0.717) is 18.8 Å². The van der Waals surface area contributed by atoms with Gasteiger partial charge in [-0.1, -0.05) is 6.92 Å². The molecule has 0 spiro atoms. The number of carbonyl (C=O) groups is 2. The van der Waals surface area contributed by atoms with Crippen LogP contribution in [-0.2, 0) is 14.6 Å². The number of carbonyl (C=O) groups excluding carboxylic acids is 1. The summed E-state index contributed by atoms with van der Waals surface area (Å²) in [5.74, 6) is -1.07. The van der Waals surface area contributed by atoms with Crippen molar-refractivity contribution < 1.29 is 23.1 Å². The molecule has 0 unspecified atom stereocenters. The van der Waals surface area contributed by atoms with Crippen molar-refractivity contribution >= 4 is 21.7 Å². The minimum atomic E-state index is -3.40. The molecule has 25 heavy (non-hydrogen) atoms. The zero-order valence-electron chi connectivity index (χ0n) is 14.8. The molecule has 1 fully saturated rings. The van der Waals surface area contributed by atoms with E-state index >= 15 is 0 Å². The molecule has 0 saturated heterocycles. The van der Waals surface area contributed by atoms with E-state index in [1.807, 2.05) is 0 Å². The number of amides is 1. The molecule has 1 aromatic rings. The van der Waals surface area contributed by atoms with E-state index < -0.39 is 32.5 Å². The number of hydrogen-bond acceptors (Lipinski definition) is 4.